The molecule has 1 aromatic carbocycles. The Hall–Kier alpha value is -1.59. The van der Waals surface area contributed by atoms with Gasteiger partial charge in [-0.2, -0.15) is 0 Å². The summed E-state index contributed by atoms with van der Waals surface area (Å²) in [6.45, 7) is 13.7. The quantitative estimate of drug-likeness (QED) is 0.636. The standard InChI is InChI=1S/C22H35N3O2/c1-5-23-21(24-16-22(3,4)18-9-6-8-17(2)14-18)25-11-13-27-20(15-25)19-10-7-12-26-19/h6,8-9,14,19-20H,5,7,10-13,15-16H2,1-4H3,(H,23,24). The van der Waals surface area contributed by atoms with Gasteiger partial charge in [-0.15, -0.1) is 0 Å². The molecule has 1 N–H and O–H groups in total. The van der Waals surface area contributed by atoms with Crippen LogP contribution in [-0.2, 0) is 14.9 Å². The lowest BCUT2D eigenvalue weighted by Gasteiger charge is -2.37. The van der Waals surface area contributed by atoms with Crippen molar-refractivity contribution in [3.63, 3.8) is 0 Å². The van der Waals surface area contributed by atoms with Crippen LogP contribution in [0, 0.1) is 6.92 Å². The zero-order valence-corrected chi connectivity index (χ0v) is 17.3. The van der Waals surface area contributed by atoms with Gasteiger partial charge in [0.25, 0.3) is 0 Å². The molecule has 2 aliphatic heterocycles. The first-order chi connectivity index (χ1) is 13.0. The summed E-state index contributed by atoms with van der Waals surface area (Å²) < 4.78 is 11.9. The summed E-state index contributed by atoms with van der Waals surface area (Å²) in [5.41, 5.74) is 2.62. The van der Waals surface area contributed by atoms with Crippen molar-refractivity contribution in [2.75, 3.05) is 39.4 Å². The highest BCUT2D eigenvalue weighted by Gasteiger charge is 2.32. The lowest BCUT2D eigenvalue weighted by atomic mass is 9.84. The first kappa shape index (κ1) is 20.2. The highest BCUT2D eigenvalue weighted by atomic mass is 16.5. The second-order valence-corrected chi connectivity index (χ2v) is 8.33. The molecule has 3 rings (SSSR count). The van der Waals surface area contributed by atoms with E-state index in [9.17, 15) is 0 Å². The molecular weight excluding hydrogens is 338 g/mol. The second kappa shape index (κ2) is 9.07. The molecule has 2 fully saturated rings. The van der Waals surface area contributed by atoms with Gasteiger partial charge in [-0.1, -0.05) is 43.7 Å². The molecular formula is C22H35N3O2. The highest BCUT2D eigenvalue weighted by molar-refractivity contribution is 5.80. The van der Waals surface area contributed by atoms with Gasteiger partial charge in [0.1, 0.15) is 6.10 Å². The molecule has 5 heteroatoms. The fourth-order valence-electron chi connectivity index (χ4n) is 3.84. The van der Waals surface area contributed by atoms with Crippen molar-refractivity contribution in [3.8, 4) is 0 Å². The number of aliphatic imine (C=N–C) groups is 1. The summed E-state index contributed by atoms with van der Waals surface area (Å²) in [5, 5.41) is 3.48. The summed E-state index contributed by atoms with van der Waals surface area (Å²) in [6, 6.07) is 8.75. The molecule has 0 amide bonds. The Kier molecular flexibility index (Phi) is 6.77. The molecule has 2 aliphatic rings. The Balaban J connectivity index is 1.70. The fourth-order valence-corrected chi connectivity index (χ4v) is 3.84. The third kappa shape index (κ3) is 5.23. The summed E-state index contributed by atoms with van der Waals surface area (Å²) >= 11 is 0. The summed E-state index contributed by atoms with van der Waals surface area (Å²) in [6.07, 6.45) is 2.63. The van der Waals surface area contributed by atoms with E-state index >= 15 is 0 Å². The van der Waals surface area contributed by atoms with Crippen LogP contribution in [0.4, 0.5) is 0 Å². The van der Waals surface area contributed by atoms with Crippen molar-refractivity contribution in [3.05, 3.63) is 35.4 Å². The van der Waals surface area contributed by atoms with Crippen LogP contribution in [0.1, 0.15) is 44.7 Å². The average molecular weight is 374 g/mol. The Labute approximate surface area is 164 Å². The molecule has 0 radical (unpaired) electrons. The zero-order valence-electron chi connectivity index (χ0n) is 17.3. The van der Waals surface area contributed by atoms with Gasteiger partial charge in [0.2, 0.25) is 0 Å². The molecule has 0 bridgehead atoms. The number of hydrogen-bond donors (Lipinski definition) is 1. The minimum atomic E-state index is -0.00700. The Morgan fingerprint density at radius 3 is 2.78 bits per heavy atom. The van der Waals surface area contributed by atoms with Crippen molar-refractivity contribution >= 4 is 5.96 Å². The first-order valence-corrected chi connectivity index (χ1v) is 10.3. The van der Waals surface area contributed by atoms with Gasteiger partial charge in [0.15, 0.2) is 5.96 Å². The van der Waals surface area contributed by atoms with Crippen LogP contribution in [0.25, 0.3) is 0 Å². The van der Waals surface area contributed by atoms with Crippen LogP contribution in [0.15, 0.2) is 29.3 Å². The number of nitrogens with one attached hydrogen (secondary N) is 1. The fraction of sp³-hybridized carbons (Fsp3) is 0.682. The number of aryl methyl sites for hydroxylation is 1. The van der Waals surface area contributed by atoms with Gasteiger partial charge in [-0.3, -0.25) is 4.99 Å². The normalized spacial score (nSPS) is 24.3. The van der Waals surface area contributed by atoms with Crippen molar-refractivity contribution in [1.82, 2.24) is 10.2 Å². The van der Waals surface area contributed by atoms with Gasteiger partial charge in [0, 0.05) is 31.7 Å². The number of nitrogens with zero attached hydrogens (tertiary/aromatic N) is 2. The molecule has 0 aliphatic carbocycles. The molecule has 5 nitrogen and oxygen atoms in total. The van der Waals surface area contributed by atoms with Crippen molar-refractivity contribution in [1.29, 1.82) is 0 Å². The van der Waals surface area contributed by atoms with Crippen LogP contribution in [0.3, 0.4) is 0 Å². The lowest BCUT2D eigenvalue weighted by Crippen LogP contribution is -2.53. The van der Waals surface area contributed by atoms with E-state index in [1.165, 1.54) is 11.1 Å². The lowest BCUT2D eigenvalue weighted by molar-refractivity contribution is -0.0817. The van der Waals surface area contributed by atoms with E-state index in [1.807, 2.05) is 0 Å². The molecule has 27 heavy (non-hydrogen) atoms. The Bertz CT molecular complexity index is 638. The number of benzene rings is 1. The topological polar surface area (TPSA) is 46.1 Å². The number of hydrogen-bond acceptors (Lipinski definition) is 3. The maximum absolute atomic E-state index is 6.00. The van der Waals surface area contributed by atoms with E-state index in [0.717, 1.165) is 58.2 Å². The zero-order chi connectivity index (χ0) is 19.3. The minimum Gasteiger partial charge on any atom is -0.375 e. The van der Waals surface area contributed by atoms with Gasteiger partial charge >= 0.3 is 0 Å². The van der Waals surface area contributed by atoms with Crippen LogP contribution in [0.5, 0.6) is 0 Å². The van der Waals surface area contributed by atoms with Gasteiger partial charge < -0.3 is 19.7 Å². The Morgan fingerprint density at radius 2 is 2.07 bits per heavy atom. The average Bonchev–Trinajstić information content (AvgIpc) is 3.20. The van der Waals surface area contributed by atoms with E-state index < -0.39 is 0 Å². The SMILES string of the molecule is CCNC(=NCC(C)(C)c1cccc(C)c1)N1CCOC(C2CCCO2)C1. The smallest absolute Gasteiger partial charge is 0.194 e. The molecule has 2 atom stereocenters. The van der Waals surface area contributed by atoms with Crippen LogP contribution < -0.4 is 5.32 Å². The molecule has 0 aromatic heterocycles. The maximum atomic E-state index is 6.00. The molecule has 2 saturated heterocycles. The number of ether oxygens (including phenoxy) is 2. The number of rotatable bonds is 5. The van der Waals surface area contributed by atoms with Crippen molar-refractivity contribution < 1.29 is 9.47 Å². The van der Waals surface area contributed by atoms with E-state index in [2.05, 4.69) is 62.2 Å². The molecule has 2 unspecified atom stereocenters. The molecule has 2 heterocycles. The summed E-state index contributed by atoms with van der Waals surface area (Å²) in [4.78, 5) is 7.35. The summed E-state index contributed by atoms with van der Waals surface area (Å²) in [5.74, 6) is 0.990. The maximum Gasteiger partial charge on any atom is 0.194 e. The molecule has 0 saturated carbocycles. The number of guanidine groups is 1. The second-order valence-electron chi connectivity index (χ2n) is 8.33. The van der Waals surface area contributed by atoms with Crippen LogP contribution in [-0.4, -0.2) is 62.5 Å². The molecule has 0 spiro atoms. The van der Waals surface area contributed by atoms with E-state index in [0.29, 0.717) is 0 Å². The molecule has 150 valence electrons. The third-order valence-electron chi connectivity index (χ3n) is 5.53. The highest BCUT2D eigenvalue weighted by Crippen LogP contribution is 2.25. The predicted octanol–water partition coefficient (Wildman–Crippen LogP) is 3.12. The van der Waals surface area contributed by atoms with E-state index in [1.54, 1.807) is 0 Å². The first-order valence-electron chi connectivity index (χ1n) is 10.3. The van der Waals surface area contributed by atoms with Crippen molar-refractivity contribution in [2.24, 2.45) is 4.99 Å². The van der Waals surface area contributed by atoms with Gasteiger partial charge in [0.05, 0.1) is 19.3 Å². The van der Waals surface area contributed by atoms with Crippen molar-refractivity contribution in [2.45, 2.75) is 58.2 Å². The van der Waals surface area contributed by atoms with Gasteiger partial charge in [-0.05, 0) is 32.3 Å². The van der Waals surface area contributed by atoms with Crippen LogP contribution >= 0.6 is 0 Å². The number of morpholine rings is 1. The summed E-state index contributed by atoms with van der Waals surface area (Å²) in [7, 11) is 0. The van der Waals surface area contributed by atoms with Crippen LogP contribution in [0.2, 0.25) is 0 Å². The largest absolute Gasteiger partial charge is 0.375 e. The van der Waals surface area contributed by atoms with Gasteiger partial charge in [-0.25, -0.2) is 0 Å². The molecule has 1 aromatic rings. The van der Waals surface area contributed by atoms with E-state index in [-0.39, 0.29) is 17.6 Å². The Morgan fingerprint density at radius 1 is 1.26 bits per heavy atom. The van der Waals surface area contributed by atoms with E-state index in [4.69, 9.17) is 14.5 Å². The third-order valence-corrected chi connectivity index (χ3v) is 5.53. The predicted molar refractivity (Wildman–Crippen MR) is 110 cm³/mol. The monoisotopic (exact) mass is 373 g/mol. The minimum absolute atomic E-state index is 0.00700.